The monoisotopic (exact) mass is 378 g/mol. The molecule has 0 unspecified atom stereocenters. The lowest BCUT2D eigenvalue weighted by atomic mass is 10.1. The molecule has 7 heteroatoms. The average molecular weight is 379 g/mol. The van der Waals surface area contributed by atoms with Crippen molar-refractivity contribution in [2.24, 2.45) is 0 Å². The average Bonchev–Trinajstić information content (AvgIpc) is 2.57. The van der Waals surface area contributed by atoms with E-state index in [-0.39, 0.29) is 11.7 Å². The molecule has 1 saturated heterocycles. The number of hydrogen-bond donors (Lipinski definition) is 0. The molecule has 1 aliphatic rings. The number of hydrogen-bond acceptors (Lipinski definition) is 4. The standard InChI is InChI=1S/C16H16BrFN4O/c1-11-2-3-12(8-14(11)18)15(23)21-4-6-22(7-5-21)16-19-9-13(17)10-20-16/h2-3,8-10H,4-7H2,1H3. The summed E-state index contributed by atoms with van der Waals surface area (Å²) in [6.07, 6.45) is 3.41. The van der Waals surface area contributed by atoms with Crippen LogP contribution in [0.5, 0.6) is 0 Å². The van der Waals surface area contributed by atoms with E-state index < -0.39 is 0 Å². The van der Waals surface area contributed by atoms with Crippen LogP contribution in [-0.4, -0.2) is 47.0 Å². The first-order valence-corrected chi connectivity index (χ1v) is 8.12. The van der Waals surface area contributed by atoms with E-state index >= 15 is 0 Å². The minimum atomic E-state index is -0.349. The lowest BCUT2D eigenvalue weighted by molar-refractivity contribution is 0.0745. The maximum absolute atomic E-state index is 13.6. The molecule has 0 saturated carbocycles. The fraction of sp³-hybridized carbons (Fsp3) is 0.312. The van der Waals surface area contributed by atoms with Crippen LogP contribution in [0.15, 0.2) is 35.1 Å². The summed E-state index contributed by atoms with van der Waals surface area (Å²) in [4.78, 5) is 24.8. The Morgan fingerprint density at radius 2 is 1.83 bits per heavy atom. The van der Waals surface area contributed by atoms with Gasteiger partial charge in [-0.05, 0) is 40.5 Å². The van der Waals surface area contributed by atoms with Crippen LogP contribution in [-0.2, 0) is 0 Å². The molecule has 1 aromatic carbocycles. The molecule has 5 nitrogen and oxygen atoms in total. The Balaban J connectivity index is 1.65. The zero-order valence-corrected chi connectivity index (χ0v) is 14.3. The van der Waals surface area contributed by atoms with Crippen molar-refractivity contribution in [2.75, 3.05) is 31.1 Å². The van der Waals surface area contributed by atoms with Crippen molar-refractivity contribution < 1.29 is 9.18 Å². The van der Waals surface area contributed by atoms with Gasteiger partial charge < -0.3 is 9.80 Å². The normalized spacial score (nSPS) is 14.9. The summed E-state index contributed by atoms with van der Waals surface area (Å²) in [5, 5.41) is 0. The summed E-state index contributed by atoms with van der Waals surface area (Å²) in [5.74, 6) is 0.166. The first kappa shape index (κ1) is 15.9. The van der Waals surface area contributed by atoms with Crippen LogP contribution in [0.2, 0.25) is 0 Å². The molecule has 2 aromatic rings. The van der Waals surface area contributed by atoms with Gasteiger partial charge in [-0.15, -0.1) is 0 Å². The van der Waals surface area contributed by atoms with Crippen molar-refractivity contribution in [3.63, 3.8) is 0 Å². The number of amides is 1. The molecular formula is C16H16BrFN4O. The number of nitrogens with zero attached hydrogens (tertiary/aromatic N) is 4. The highest BCUT2D eigenvalue weighted by molar-refractivity contribution is 9.10. The van der Waals surface area contributed by atoms with Gasteiger partial charge in [0.25, 0.3) is 5.91 Å². The van der Waals surface area contributed by atoms with Crippen LogP contribution in [0.3, 0.4) is 0 Å². The number of anilines is 1. The summed E-state index contributed by atoms with van der Waals surface area (Å²) in [5.41, 5.74) is 0.931. The third kappa shape index (κ3) is 3.50. The molecule has 3 rings (SSSR count). The Hall–Kier alpha value is -2.02. The number of piperazine rings is 1. The highest BCUT2D eigenvalue weighted by Crippen LogP contribution is 2.16. The van der Waals surface area contributed by atoms with Crippen LogP contribution in [0.4, 0.5) is 10.3 Å². The van der Waals surface area contributed by atoms with Crippen molar-refractivity contribution in [3.8, 4) is 0 Å². The zero-order chi connectivity index (χ0) is 16.4. The molecule has 120 valence electrons. The van der Waals surface area contributed by atoms with Gasteiger partial charge in [0.05, 0.1) is 4.47 Å². The third-order valence-electron chi connectivity index (χ3n) is 3.88. The van der Waals surface area contributed by atoms with Gasteiger partial charge in [-0.2, -0.15) is 0 Å². The summed E-state index contributed by atoms with van der Waals surface area (Å²) < 4.78 is 14.5. The van der Waals surface area contributed by atoms with Crippen molar-refractivity contribution in [2.45, 2.75) is 6.92 Å². The van der Waals surface area contributed by atoms with Crippen LogP contribution < -0.4 is 4.90 Å². The second-order valence-corrected chi connectivity index (χ2v) is 6.36. The van der Waals surface area contributed by atoms with Crippen LogP contribution in [0, 0.1) is 12.7 Å². The minimum absolute atomic E-state index is 0.139. The number of rotatable bonds is 2. The van der Waals surface area contributed by atoms with E-state index in [0.717, 1.165) is 4.47 Å². The number of carbonyl (C=O) groups excluding carboxylic acids is 1. The summed E-state index contributed by atoms with van der Waals surface area (Å²) in [7, 11) is 0. The van der Waals surface area contributed by atoms with Gasteiger partial charge in [-0.1, -0.05) is 6.07 Å². The number of aryl methyl sites for hydroxylation is 1. The maximum Gasteiger partial charge on any atom is 0.254 e. The second kappa shape index (κ2) is 6.62. The minimum Gasteiger partial charge on any atom is -0.337 e. The third-order valence-corrected chi connectivity index (χ3v) is 4.28. The van der Waals surface area contributed by atoms with Gasteiger partial charge in [0.1, 0.15) is 5.82 Å². The zero-order valence-electron chi connectivity index (χ0n) is 12.7. The Bertz CT molecular complexity index is 715. The van der Waals surface area contributed by atoms with Crippen LogP contribution >= 0.6 is 15.9 Å². The fourth-order valence-corrected chi connectivity index (χ4v) is 2.69. The molecular weight excluding hydrogens is 363 g/mol. The number of carbonyl (C=O) groups is 1. The topological polar surface area (TPSA) is 49.3 Å². The number of halogens is 2. The first-order valence-electron chi connectivity index (χ1n) is 7.32. The van der Waals surface area contributed by atoms with Crippen molar-refractivity contribution in [3.05, 3.63) is 52.0 Å². The van der Waals surface area contributed by atoms with Gasteiger partial charge in [0.15, 0.2) is 0 Å². The largest absolute Gasteiger partial charge is 0.337 e. The van der Waals surface area contributed by atoms with Gasteiger partial charge in [0.2, 0.25) is 5.95 Å². The fourth-order valence-electron chi connectivity index (χ4n) is 2.49. The molecule has 0 bridgehead atoms. The predicted molar refractivity (Wildman–Crippen MR) is 89.0 cm³/mol. The lowest BCUT2D eigenvalue weighted by Crippen LogP contribution is -2.49. The molecule has 0 N–H and O–H groups in total. The van der Waals surface area contributed by atoms with Gasteiger partial charge in [-0.3, -0.25) is 4.79 Å². The Kier molecular flexibility index (Phi) is 4.56. The molecule has 2 heterocycles. The van der Waals surface area contributed by atoms with Crippen molar-refractivity contribution >= 4 is 27.8 Å². The predicted octanol–water partition coefficient (Wildman–Crippen LogP) is 2.65. The molecule has 1 fully saturated rings. The summed E-state index contributed by atoms with van der Waals surface area (Å²) in [6, 6.07) is 4.61. The van der Waals surface area contributed by atoms with Gasteiger partial charge >= 0.3 is 0 Å². The molecule has 0 aliphatic carbocycles. The SMILES string of the molecule is Cc1ccc(C(=O)N2CCN(c3ncc(Br)cn3)CC2)cc1F. The first-order chi connectivity index (χ1) is 11.0. The Morgan fingerprint density at radius 3 is 2.43 bits per heavy atom. The second-order valence-electron chi connectivity index (χ2n) is 5.44. The molecule has 1 amide bonds. The quantitative estimate of drug-likeness (QED) is 0.805. The van der Waals surface area contributed by atoms with Crippen molar-refractivity contribution in [1.82, 2.24) is 14.9 Å². The smallest absolute Gasteiger partial charge is 0.254 e. The molecule has 0 atom stereocenters. The molecule has 23 heavy (non-hydrogen) atoms. The molecule has 1 aliphatic heterocycles. The number of aromatic nitrogens is 2. The maximum atomic E-state index is 13.6. The summed E-state index contributed by atoms with van der Waals surface area (Å²) >= 11 is 3.31. The van der Waals surface area contributed by atoms with E-state index in [4.69, 9.17) is 0 Å². The van der Waals surface area contributed by atoms with Crippen LogP contribution in [0.25, 0.3) is 0 Å². The lowest BCUT2D eigenvalue weighted by Gasteiger charge is -2.34. The van der Waals surface area contributed by atoms with Gasteiger partial charge in [-0.25, -0.2) is 14.4 Å². The molecule has 0 radical (unpaired) electrons. The van der Waals surface area contributed by atoms with E-state index in [1.807, 2.05) is 4.90 Å². The van der Waals surface area contributed by atoms with E-state index in [9.17, 15) is 9.18 Å². The van der Waals surface area contributed by atoms with E-state index in [1.165, 1.54) is 6.07 Å². The summed E-state index contributed by atoms with van der Waals surface area (Å²) in [6.45, 7) is 4.12. The molecule has 0 spiro atoms. The van der Waals surface area contributed by atoms with Crippen molar-refractivity contribution in [1.29, 1.82) is 0 Å². The van der Waals surface area contributed by atoms with E-state index in [0.29, 0.717) is 43.3 Å². The molecule has 1 aromatic heterocycles. The number of benzene rings is 1. The highest BCUT2D eigenvalue weighted by Gasteiger charge is 2.23. The van der Waals surface area contributed by atoms with Crippen LogP contribution in [0.1, 0.15) is 15.9 Å². The van der Waals surface area contributed by atoms with E-state index in [1.54, 1.807) is 36.4 Å². The van der Waals surface area contributed by atoms with E-state index in [2.05, 4.69) is 25.9 Å². The van der Waals surface area contributed by atoms with Gasteiger partial charge in [0, 0.05) is 44.1 Å². The Labute approximate surface area is 142 Å². The highest BCUT2D eigenvalue weighted by atomic mass is 79.9. The Morgan fingerprint density at radius 1 is 1.17 bits per heavy atom.